The SMILES string of the molecule is CC(C)(CO)CN1Cc2cc(-c3ccc(Cn4cc(O)[nH]c4=O)cc3)ccc2C1=O. The number of aromatic amines is 1. The highest BCUT2D eigenvalue weighted by Gasteiger charge is 2.31. The predicted molar refractivity (Wildman–Crippen MR) is 113 cm³/mol. The van der Waals surface area contributed by atoms with Gasteiger partial charge in [-0.05, 0) is 34.4 Å². The zero-order valence-electron chi connectivity index (χ0n) is 17.1. The molecule has 0 aliphatic carbocycles. The number of nitrogens with zero attached hydrogens (tertiary/aromatic N) is 2. The number of benzene rings is 2. The summed E-state index contributed by atoms with van der Waals surface area (Å²) in [6.45, 7) is 5.33. The average molecular weight is 407 g/mol. The maximum absolute atomic E-state index is 12.7. The summed E-state index contributed by atoms with van der Waals surface area (Å²) >= 11 is 0. The fourth-order valence-electron chi connectivity index (χ4n) is 3.79. The summed E-state index contributed by atoms with van der Waals surface area (Å²) in [5.74, 6) is -0.144. The van der Waals surface area contributed by atoms with Gasteiger partial charge in [0.15, 0.2) is 0 Å². The second-order valence-corrected chi connectivity index (χ2v) is 8.62. The summed E-state index contributed by atoms with van der Waals surface area (Å²) in [6.07, 6.45) is 1.37. The number of aromatic nitrogens is 2. The maximum atomic E-state index is 12.7. The minimum Gasteiger partial charge on any atom is -0.493 e. The van der Waals surface area contributed by atoms with Crippen molar-refractivity contribution < 1.29 is 15.0 Å². The number of carbonyl (C=O) groups is 1. The Morgan fingerprint density at radius 2 is 1.77 bits per heavy atom. The highest BCUT2D eigenvalue weighted by atomic mass is 16.3. The molecule has 3 N–H and O–H groups in total. The molecular weight excluding hydrogens is 382 g/mol. The van der Waals surface area contributed by atoms with Crippen molar-refractivity contribution >= 4 is 5.91 Å². The third-order valence-electron chi connectivity index (χ3n) is 5.45. The first kappa shape index (κ1) is 20.0. The van der Waals surface area contributed by atoms with E-state index in [2.05, 4.69) is 4.98 Å². The summed E-state index contributed by atoms with van der Waals surface area (Å²) < 4.78 is 1.41. The molecule has 1 aromatic heterocycles. The lowest BCUT2D eigenvalue weighted by atomic mass is 9.94. The molecule has 0 unspecified atom stereocenters. The Morgan fingerprint density at radius 1 is 1.07 bits per heavy atom. The number of hydrogen-bond donors (Lipinski definition) is 3. The molecule has 0 spiro atoms. The molecule has 3 aromatic rings. The van der Waals surface area contributed by atoms with Crippen molar-refractivity contribution in [1.29, 1.82) is 0 Å². The number of aliphatic hydroxyl groups excluding tert-OH is 1. The Kier molecular flexibility index (Phi) is 4.99. The van der Waals surface area contributed by atoms with Crippen LogP contribution >= 0.6 is 0 Å². The summed E-state index contributed by atoms with van der Waals surface area (Å²) in [5.41, 5.74) is 4.00. The molecule has 0 radical (unpaired) electrons. The van der Waals surface area contributed by atoms with Crippen LogP contribution in [-0.4, -0.2) is 43.7 Å². The number of aromatic hydroxyl groups is 1. The largest absolute Gasteiger partial charge is 0.493 e. The van der Waals surface area contributed by atoms with Gasteiger partial charge in [-0.25, -0.2) is 4.79 Å². The maximum Gasteiger partial charge on any atom is 0.328 e. The first-order valence-electron chi connectivity index (χ1n) is 9.86. The van der Waals surface area contributed by atoms with Crippen molar-refractivity contribution in [2.75, 3.05) is 13.2 Å². The zero-order chi connectivity index (χ0) is 21.5. The van der Waals surface area contributed by atoms with Crippen LogP contribution in [0.3, 0.4) is 0 Å². The Balaban J connectivity index is 1.52. The molecule has 30 heavy (non-hydrogen) atoms. The summed E-state index contributed by atoms with van der Waals surface area (Å²) in [6, 6.07) is 13.7. The van der Waals surface area contributed by atoms with Gasteiger partial charge in [-0.2, -0.15) is 0 Å². The van der Waals surface area contributed by atoms with Gasteiger partial charge in [-0.3, -0.25) is 14.3 Å². The van der Waals surface area contributed by atoms with Crippen molar-refractivity contribution in [3.8, 4) is 17.0 Å². The smallest absolute Gasteiger partial charge is 0.328 e. The van der Waals surface area contributed by atoms with Crippen molar-refractivity contribution in [3.63, 3.8) is 0 Å². The van der Waals surface area contributed by atoms with Gasteiger partial charge in [-0.15, -0.1) is 0 Å². The molecule has 7 heteroatoms. The average Bonchev–Trinajstić information content (AvgIpc) is 3.19. The predicted octanol–water partition coefficient (Wildman–Crippen LogP) is 2.57. The molecule has 0 bridgehead atoms. The second kappa shape index (κ2) is 7.50. The number of aliphatic hydroxyl groups is 1. The molecule has 156 valence electrons. The van der Waals surface area contributed by atoms with E-state index in [9.17, 15) is 19.8 Å². The van der Waals surface area contributed by atoms with E-state index in [1.165, 1.54) is 10.8 Å². The summed E-state index contributed by atoms with van der Waals surface area (Å²) in [4.78, 5) is 28.5. The molecule has 0 saturated heterocycles. The van der Waals surface area contributed by atoms with Crippen LogP contribution in [0.5, 0.6) is 5.88 Å². The van der Waals surface area contributed by atoms with E-state index in [1.54, 1.807) is 4.90 Å². The van der Waals surface area contributed by atoms with Crippen LogP contribution in [0.15, 0.2) is 53.5 Å². The first-order chi connectivity index (χ1) is 14.3. The van der Waals surface area contributed by atoms with E-state index >= 15 is 0 Å². The highest BCUT2D eigenvalue weighted by molar-refractivity contribution is 5.99. The molecule has 0 atom stereocenters. The zero-order valence-corrected chi connectivity index (χ0v) is 17.1. The second-order valence-electron chi connectivity index (χ2n) is 8.62. The molecule has 0 fully saturated rings. The molecule has 1 aliphatic rings. The highest BCUT2D eigenvalue weighted by Crippen LogP contribution is 2.30. The van der Waals surface area contributed by atoms with E-state index in [-0.39, 0.29) is 29.5 Å². The number of carbonyl (C=O) groups excluding carboxylic acids is 1. The molecule has 7 nitrogen and oxygen atoms in total. The molecular formula is C23H25N3O4. The number of hydrogen-bond acceptors (Lipinski definition) is 4. The Labute approximate surface area is 174 Å². The Bertz CT molecular complexity index is 1140. The van der Waals surface area contributed by atoms with Crippen LogP contribution in [0.2, 0.25) is 0 Å². The lowest BCUT2D eigenvalue weighted by Crippen LogP contribution is -2.36. The standard InChI is InChI=1S/C23H25N3O4/c1-23(2,14-27)13-26-11-18-9-17(7-8-19(18)21(26)29)16-5-3-15(4-6-16)10-25-12-20(28)24-22(25)30/h3-9,12,27-28H,10-11,13-14H2,1-2H3,(H,24,30). The fourth-order valence-corrected chi connectivity index (χ4v) is 3.79. The van der Waals surface area contributed by atoms with Gasteiger partial charge in [0.1, 0.15) is 0 Å². The van der Waals surface area contributed by atoms with Gasteiger partial charge in [-0.1, -0.05) is 44.2 Å². The minimum atomic E-state index is -0.353. The van der Waals surface area contributed by atoms with Crippen LogP contribution in [-0.2, 0) is 13.1 Å². The number of rotatable bonds is 6. The molecule has 1 amide bonds. The lowest BCUT2D eigenvalue weighted by molar-refractivity contribution is 0.0625. The van der Waals surface area contributed by atoms with E-state index < -0.39 is 0 Å². The van der Waals surface area contributed by atoms with Gasteiger partial charge in [0.25, 0.3) is 5.91 Å². The van der Waals surface area contributed by atoms with Crippen LogP contribution in [0.25, 0.3) is 11.1 Å². The summed E-state index contributed by atoms with van der Waals surface area (Å²) in [7, 11) is 0. The van der Waals surface area contributed by atoms with Crippen molar-refractivity contribution in [3.05, 3.63) is 75.8 Å². The van der Waals surface area contributed by atoms with Crippen molar-refractivity contribution in [2.45, 2.75) is 26.9 Å². The number of nitrogens with one attached hydrogen (secondary N) is 1. The van der Waals surface area contributed by atoms with Crippen LogP contribution in [0.1, 0.15) is 35.3 Å². The Hall–Kier alpha value is -3.32. The summed E-state index contributed by atoms with van der Waals surface area (Å²) in [5, 5.41) is 18.9. The minimum absolute atomic E-state index is 0.00798. The molecule has 2 heterocycles. The van der Waals surface area contributed by atoms with Gasteiger partial charge >= 0.3 is 5.69 Å². The van der Waals surface area contributed by atoms with Crippen molar-refractivity contribution in [1.82, 2.24) is 14.5 Å². The molecule has 0 saturated carbocycles. The van der Waals surface area contributed by atoms with Gasteiger partial charge in [0.05, 0.1) is 12.7 Å². The fraction of sp³-hybridized carbons (Fsp3) is 0.304. The Morgan fingerprint density at radius 3 is 2.40 bits per heavy atom. The first-order valence-corrected chi connectivity index (χ1v) is 9.86. The van der Waals surface area contributed by atoms with E-state index in [1.807, 2.05) is 56.3 Å². The quantitative estimate of drug-likeness (QED) is 0.585. The van der Waals surface area contributed by atoms with E-state index in [0.717, 1.165) is 27.8 Å². The van der Waals surface area contributed by atoms with Gasteiger partial charge < -0.3 is 15.1 Å². The van der Waals surface area contributed by atoms with Gasteiger partial charge in [0.2, 0.25) is 5.88 Å². The van der Waals surface area contributed by atoms with Crippen LogP contribution < -0.4 is 5.69 Å². The monoisotopic (exact) mass is 407 g/mol. The number of amides is 1. The topological polar surface area (TPSA) is 98.6 Å². The molecule has 1 aliphatic heterocycles. The third-order valence-corrected chi connectivity index (χ3v) is 5.45. The molecule has 2 aromatic carbocycles. The number of fused-ring (bicyclic) bond motifs is 1. The lowest BCUT2D eigenvalue weighted by Gasteiger charge is -2.28. The van der Waals surface area contributed by atoms with E-state index in [0.29, 0.717) is 19.6 Å². The van der Waals surface area contributed by atoms with E-state index in [4.69, 9.17) is 0 Å². The van der Waals surface area contributed by atoms with Crippen LogP contribution in [0.4, 0.5) is 0 Å². The third kappa shape index (κ3) is 3.89. The number of H-pyrrole nitrogens is 1. The molecule has 4 rings (SSSR count). The van der Waals surface area contributed by atoms with Crippen LogP contribution in [0, 0.1) is 5.41 Å². The normalized spacial score (nSPS) is 13.7. The number of imidazole rings is 1. The van der Waals surface area contributed by atoms with Crippen molar-refractivity contribution in [2.24, 2.45) is 5.41 Å². The van der Waals surface area contributed by atoms with Gasteiger partial charge in [0, 0.05) is 30.7 Å².